The van der Waals surface area contributed by atoms with Crippen molar-refractivity contribution in [3.8, 4) is 0 Å². The predicted molar refractivity (Wildman–Crippen MR) is 48.7 cm³/mol. The molecule has 0 spiro atoms. The Balaban J connectivity index is 2.27. The molecule has 0 unspecified atom stereocenters. The van der Waals surface area contributed by atoms with E-state index in [1.165, 1.54) is 18.7 Å². The molecule has 0 N–H and O–H groups in total. The Bertz CT molecular complexity index is 299. The van der Waals surface area contributed by atoms with Gasteiger partial charge in [-0.05, 0) is 22.4 Å². The lowest BCUT2D eigenvalue weighted by Gasteiger charge is -2.31. The minimum Gasteiger partial charge on any atom is -0.356 e. The van der Waals surface area contributed by atoms with Gasteiger partial charge in [0.2, 0.25) is 0 Å². The third kappa shape index (κ3) is 1.31. The molecular formula is C8H8BrFN2. The Kier molecular flexibility index (Phi) is 2.00. The maximum Gasteiger partial charge on any atom is 0.142 e. The molecule has 2 nitrogen and oxygen atoms in total. The van der Waals surface area contributed by atoms with Gasteiger partial charge in [-0.2, -0.15) is 0 Å². The summed E-state index contributed by atoms with van der Waals surface area (Å²) in [5.74, 6) is 0.494. The van der Waals surface area contributed by atoms with E-state index >= 15 is 0 Å². The molecule has 0 amide bonds. The highest BCUT2D eigenvalue weighted by Gasteiger charge is 2.16. The van der Waals surface area contributed by atoms with Crippen LogP contribution in [0.4, 0.5) is 10.2 Å². The van der Waals surface area contributed by atoms with Gasteiger partial charge < -0.3 is 4.90 Å². The first kappa shape index (κ1) is 7.98. The van der Waals surface area contributed by atoms with Gasteiger partial charge in [-0.3, -0.25) is 0 Å². The lowest BCUT2D eigenvalue weighted by molar-refractivity contribution is 0.591. The Morgan fingerprint density at radius 2 is 2.25 bits per heavy atom. The number of hydrogen-bond donors (Lipinski definition) is 0. The molecule has 12 heavy (non-hydrogen) atoms. The van der Waals surface area contributed by atoms with Gasteiger partial charge in [0.1, 0.15) is 11.6 Å². The van der Waals surface area contributed by atoms with Gasteiger partial charge in [0.05, 0.1) is 4.47 Å². The molecule has 0 aromatic carbocycles. The normalized spacial score (nSPS) is 16.0. The van der Waals surface area contributed by atoms with Gasteiger partial charge in [-0.15, -0.1) is 0 Å². The molecule has 2 rings (SSSR count). The molecule has 0 atom stereocenters. The summed E-state index contributed by atoms with van der Waals surface area (Å²) in [7, 11) is 0. The molecule has 0 bridgehead atoms. The zero-order valence-electron chi connectivity index (χ0n) is 6.43. The van der Waals surface area contributed by atoms with Crippen molar-refractivity contribution in [2.75, 3.05) is 18.0 Å². The third-order valence-corrected chi connectivity index (χ3v) is 2.56. The second-order valence-corrected chi connectivity index (χ2v) is 3.65. The average Bonchev–Trinajstić information content (AvgIpc) is 1.93. The molecule has 1 aliphatic rings. The van der Waals surface area contributed by atoms with Gasteiger partial charge in [-0.1, -0.05) is 0 Å². The van der Waals surface area contributed by atoms with E-state index < -0.39 is 0 Å². The molecule has 2 heterocycles. The number of rotatable bonds is 1. The molecule has 4 heteroatoms. The molecular weight excluding hydrogens is 223 g/mol. The summed E-state index contributed by atoms with van der Waals surface area (Å²) in [5, 5.41) is 0. The Hall–Kier alpha value is -0.640. The lowest BCUT2D eigenvalue weighted by atomic mass is 10.2. The zero-order valence-corrected chi connectivity index (χ0v) is 8.01. The maximum atomic E-state index is 13.0. The first-order chi connectivity index (χ1) is 5.77. The smallest absolute Gasteiger partial charge is 0.142 e. The molecule has 1 aromatic heterocycles. The van der Waals surface area contributed by atoms with Crippen LogP contribution in [-0.4, -0.2) is 18.1 Å². The van der Waals surface area contributed by atoms with E-state index in [-0.39, 0.29) is 5.82 Å². The SMILES string of the molecule is Fc1cc(N2CCC2)ncc1Br. The lowest BCUT2D eigenvalue weighted by Crippen LogP contribution is -2.37. The fourth-order valence-corrected chi connectivity index (χ4v) is 1.34. The van der Waals surface area contributed by atoms with Crippen molar-refractivity contribution in [1.82, 2.24) is 4.98 Å². The van der Waals surface area contributed by atoms with Crippen LogP contribution in [0, 0.1) is 5.82 Å². The van der Waals surface area contributed by atoms with Crippen molar-refractivity contribution in [3.05, 3.63) is 22.6 Å². The Labute approximate surface area is 78.5 Å². The van der Waals surface area contributed by atoms with Gasteiger partial charge >= 0.3 is 0 Å². The number of nitrogens with zero attached hydrogens (tertiary/aromatic N) is 2. The molecule has 0 radical (unpaired) electrons. The van der Waals surface area contributed by atoms with Gasteiger partial charge in [0.25, 0.3) is 0 Å². The van der Waals surface area contributed by atoms with Crippen LogP contribution < -0.4 is 4.90 Å². The van der Waals surface area contributed by atoms with Crippen LogP contribution in [-0.2, 0) is 0 Å². The van der Waals surface area contributed by atoms with Crippen LogP contribution >= 0.6 is 15.9 Å². The van der Waals surface area contributed by atoms with Crippen molar-refractivity contribution in [2.45, 2.75) is 6.42 Å². The van der Waals surface area contributed by atoms with E-state index in [2.05, 4.69) is 25.8 Å². The quantitative estimate of drug-likeness (QED) is 0.736. The highest BCUT2D eigenvalue weighted by Crippen LogP contribution is 2.22. The van der Waals surface area contributed by atoms with Crippen molar-refractivity contribution < 1.29 is 4.39 Å². The molecule has 64 valence electrons. The zero-order chi connectivity index (χ0) is 8.55. The summed E-state index contributed by atoms with van der Waals surface area (Å²) < 4.78 is 13.4. The fourth-order valence-electron chi connectivity index (χ4n) is 1.12. The summed E-state index contributed by atoms with van der Waals surface area (Å²) in [6.07, 6.45) is 2.68. The topological polar surface area (TPSA) is 16.1 Å². The first-order valence-corrected chi connectivity index (χ1v) is 4.62. The minimum absolute atomic E-state index is 0.244. The van der Waals surface area contributed by atoms with Crippen molar-refractivity contribution in [2.24, 2.45) is 0 Å². The van der Waals surface area contributed by atoms with E-state index in [1.807, 2.05) is 0 Å². The summed E-state index contributed by atoms with van der Waals surface area (Å²) >= 11 is 3.06. The van der Waals surface area contributed by atoms with Crippen molar-refractivity contribution >= 4 is 21.7 Å². The van der Waals surface area contributed by atoms with E-state index in [4.69, 9.17) is 0 Å². The van der Waals surface area contributed by atoms with E-state index in [0.717, 1.165) is 18.9 Å². The molecule has 1 fully saturated rings. The van der Waals surface area contributed by atoms with Crippen LogP contribution in [0.15, 0.2) is 16.7 Å². The standard InChI is InChI=1S/C8H8BrFN2/c9-6-5-11-8(4-7(6)10)12-2-1-3-12/h4-5H,1-3H2. The number of halogens is 2. The molecule has 1 aliphatic heterocycles. The van der Waals surface area contributed by atoms with E-state index in [9.17, 15) is 4.39 Å². The predicted octanol–water partition coefficient (Wildman–Crippen LogP) is 2.19. The van der Waals surface area contributed by atoms with Gasteiger partial charge in [0.15, 0.2) is 0 Å². The summed E-state index contributed by atoms with van der Waals surface area (Å²) in [6.45, 7) is 1.99. The summed E-state index contributed by atoms with van der Waals surface area (Å²) in [6, 6.07) is 1.46. The molecule has 1 saturated heterocycles. The van der Waals surface area contributed by atoms with E-state index in [0.29, 0.717) is 4.47 Å². The highest BCUT2D eigenvalue weighted by atomic mass is 79.9. The minimum atomic E-state index is -0.244. The Morgan fingerprint density at radius 3 is 2.75 bits per heavy atom. The highest BCUT2D eigenvalue weighted by molar-refractivity contribution is 9.10. The number of aromatic nitrogens is 1. The van der Waals surface area contributed by atoms with E-state index in [1.54, 1.807) is 0 Å². The Morgan fingerprint density at radius 1 is 1.50 bits per heavy atom. The monoisotopic (exact) mass is 230 g/mol. The second-order valence-electron chi connectivity index (χ2n) is 2.80. The number of pyridine rings is 1. The van der Waals surface area contributed by atoms with Crippen LogP contribution in [0.1, 0.15) is 6.42 Å². The number of anilines is 1. The van der Waals surface area contributed by atoms with Crippen LogP contribution in [0.25, 0.3) is 0 Å². The van der Waals surface area contributed by atoms with Crippen LogP contribution in [0.5, 0.6) is 0 Å². The summed E-state index contributed by atoms with van der Waals surface area (Å²) in [5.41, 5.74) is 0. The largest absolute Gasteiger partial charge is 0.356 e. The number of hydrogen-bond acceptors (Lipinski definition) is 2. The maximum absolute atomic E-state index is 13.0. The van der Waals surface area contributed by atoms with Gasteiger partial charge in [0, 0.05) is 25.4 Å². The summed E-state index contributed by atoms with van der Waals surface area (Å²) in [4.78, 5) is 6.15. The van der Waals surface area contributed by atoms with Crippen LogP contribution in [0.3, 0.4) is 0 Å². The average molecular weight is 231 g/mol. The molecule has 0 saturated carbocycles. The van der Waals surface area contributed by atoms with Crippen LogP contribution in [0.2, 0.25) is 0 Å². The second kappa shape index (κ2) is 3.01. The van der Waals surface area contributed by atoms with Crippen molar-refractivity contribution in [1.29, 1.82) is 0 Å². The third-order valence-electron chi connectivity index (χ3n) is 1.97. The first-order valence-electron chi connectivity index (χ1n) is 3.83. The van der Waals surface area contributed by atoms with Crippen molar-refractivity contribution in [3.63, 3.8) is 0 Å². The fraction of sp³-hybridized carbons (Fsp3) is 0.375. The molecule has 0 aliphatic carbocycles. The van der Waals surface area contributed by atoms with Gasteiger partial charge in [-0.25, -0.2) is 9.37 Å². The molecule has 1 aromatic rings.